The lowest BCUT2D eigenvalue weighted by Crippen LogP contribution is -2.19. The minimum absolute atomic E-state index is 0.0556. The van der Waals surface area contributed by atoms with Crippen molar-refractivity contribution in [2.45, 2.75) is 52.9 Å². The summed E-state index contributed by atoms with van der Waals surface area (Å²) in [6, 6.07) is 13.9. The van der Waals surface area contributed by atoms with Crippen molar-refractivity contribution in [3.05, 3.63) is 59.2 Å². The van der Waals surface area contributed by atoms with Crippen LogP contribution in [0.4, 0.5) is 11.4 Å². The lowest BCUT2D eigenvalue weighted by molar-refractivity contribution is -0.118. The highest BCUT2D eigenvalue weighted by atomic mass is 16.2. The van der Waals surface area contributed by atoms with E-state index in [4.69, 9.17) is 0 Å². The summed E-state index contributed by atoms with van der Waals surface area (Å²) in [6.45, 7) is 8.27. The molecule has 0 saturated heterocycles. The molecule has 28 heavy (non-hydrogen) atoms. The minimum Gasteiger partial charge on any atom is -0.326 e. The summed E-state index contributed by atoms with van der Waals surface area (Å²) in [5.41, 5.74) is 4.74. The van der Waals surface area contributed by atoms with Gasteiger partial charge >= 0.3 is 0 Å². The maximum Gasteiger partial charge on any atom is 0.231 e. The number of carbonyl (C=O) groups is 2. The Kier molecular flexibility index (Phi) is 6.18. The number of nitrogens with one attached hydrogen (secondary N) is 2. The van der Waals surface area contributed by atoms with Crippen molar-refractivity contribution in [1.29, 1.82) is 0 Å². The van der Waals surface area contributed by atoms with Crippen LogP contribution in [-0.2, 0) is 16.0 Å². The summed E-state index contributed by atoms with van der Waals surface area (Å²) in [4.78, 5) is 24.8. The van der Waals surface area contributed by atoms with Gasteiger partial charge in [-0.1, -0.05) is 44.2 Å². The van der Waals surface area contributed by atoms with E-state index in [2.05, 4.69) is 36.6 Å². The highest BCUT2D eigenvalue weighted by molar-refractivity contribution is 5.98. The van der Waals surface area contributed by atoms with Gasteiger partial charge in [0.25, 0.3) is 0 Å². The van der Waals surface area contributed by atoms with Crippen LogP contribution in [0.25, 0.3) is 0 Å². The average Bonchev–Trinajstić information content (AvgIpc) is 3.49. The molecule has 2 aromatic rings. The monoisotopic (exact) mass is 378 g/mol. The summed E-state index contributed by atoms with van der Waals surface area (Å²) in [5.74, 6) is 0.527. The Balaban J connectivity index is 1.65. The number of hydrogen-bond donors (Lipinski definition) is 2. The molecule has 2 aromatic carbocycles. The van der Waals surface area contributed by atoms with Crippen LogP contribution in [0.15, 0.2) is 42.5 Å². The van der Waals surface area contributed by atoms with Crippen molar-refractivity contribution in [3.8, 4) is 0 Å². The van der Waals surface area contributed by atoms with Gasteiger partial charge in [-0.15, -0.1) is 0 Å². The first kappa shape index (κ1) is 20.1. The van der Waals surface area contributed by atoms with E-state index in [1.807, 2.05) is 44.2 Å². The van der Waals surface area contributed by atoms with Crippen LogP contribution < -0.4 is 10.6 Å². The maximum absolute atomic E-state index is 12.7. The van der Waals surface area contributed by atoms with Crippen LogP contribution in [0.5, 0.6) is 0 Å². The van der Waals surface area contributed by atoms with Gasteiger partial charge in [0.1, 0.15) is 0 Å². The van der Waals surface area contributed by atoms with Gasteiger partial charge in [-0.25, -0.2) is 0 Å². The van der Waals surface area contributed by atoms with Crippen LogP contribution in [0, 0.1) is 18.8 Å². The summed E-state index contributed by atoms with van der Waals surface area (Å²) >= 11 is 0. The molecule has 0 spiro atoms. The molecule has 148 valence electrons. The molecule has 1 aliphatic rings. The Labute approximate surface area is 167 Å². The molecule has 1 aliphatic carbocycles. The summed E-state index contributed by atoms with van der Waals surface area (Å²) in [6.07, 6.45) is 2.98. The van der Waals surface area contributed by atoms with Crippen molar-refractivity contribution in [2.24, 2.45) is 11.8 Å². The molecule has 4 heteroatoms. The summed E-state index contributed by atoms with van der Waals surface area (Å²) in [5, 5.41) is 5.96. The fourth-order valence-electron chi connectivity index (χ4n) is 3.23. The van der Waals surface area contributed by atoms with E-state index in [9.17, 15) is 9.59 Å². The molecule has 1 atom stereocenters. The Hall–Kier alpha value is -2.62. The molecule has 0 radical (unpaired) electrons. The third kappa shape index (κ3) is 5.22. The standard InChI is InChI=1S/C24H30N2O2/c1-15(2)13-18-6-8-19(9-7-18)17(4)23(27)25-21-12-5-16(3)22(14-21)26-24(28)20-10-11-20/h5-9,12,14-15,17,20H,10-11,13H2,1-4H3,(H,25,27)(H,26,28). The molecule has 1 fully saturated rings. The maximum atomic E-state index is 12.7. The fourth-order valence-corrected chi connectivity index (χ4v) is 3.23. The first-order valence-electron chi connectivity index (χ1n) is 10.1. The molecule has 0 aromatic heterocycles. The van der Waals surface area contributed by atoms with Crippen molar-refractivity contribution >= 4 is 23.2 Å². The number of aryl methyl sites for hydroxylation is 1. The number of rotatable bonds is 7. The third-order valence-electron chi connectivity index (χ3n) is 5.23. The highest BCUT2D eigenvalue weighted by Gasteiger charge is 2.29. The molecule has 3 rings (SSSR count). The van der Waals surface area contributed by atoms with E-state index in [0.717, 1.165) is 36.1 Å². The van der Waals surface area contributed by atoms with Gasteiger partial charge in [0.15, 0.2) is 0 Å². The van der Waals surface area contributed by atoms with Gasteiger partial charge < -0.3 is 10.6 Å². The lowest BCUT2D eigenvalue weighted by atomic mass is 9.96. The Morgan fingerprint density at radius 2 is 1.68 bits per heavy atom. The Bertz CT molecular complexity index is 851. The Morgan fingerprint density at radius 1 is 1.00 bits per heavy atom. The van der Waals surface area contributed by atoms with Gasteiger partial charge in [-0.2, -0.15) is 0 Å². The van der Waals surface area contributed by atoms with Crippen LogP contribution in [0.2, 0.25) is 0 Å². The van der Waals surface area contributed by atoms with Gasteiger partial charge in [-0.05, 0) is 67.9 Å². The summed E-state index contributed by atoms with van der Waals surface area (Å²) < 4.78 is 0. The zero-order valence-electron chi connectivity index (χ0n) is 17.2. The predicted molar refractivity (Wildman–Crippen MR) is 115 cm³/mol. The van der Waals surface area contributed by atoms with Crippen LogP contribution in [0.1, 0.15) is 56.2 Å². The van der Waals surface area contributed by atoms with Gasteiger partial charge in [0, 0.05) is 17.3 Å². The topological polar surface area (TPSA) is 58.2 Å². The second-order valence-corrected chi connectivity index (χ2v) is 8.34. The van der Waals surface area contributed by atoms with Gasteiger partial charge in [-0.3, -0.25) is 9.59 Å². The highest BCUT2D eigenvalue weighted by Crippen LogP contribution is 2.31. The zero-order chi connectivity index (χ0) is 20.3. The fraction of sp³-hybridized carbons (Fsp3) is 0.417. The van der Waals surface area contributed by atoms with Gasteiger partial charge in [0.05, 0.1) is 5.92 Å². The molecule has 4 nitrogen and oxygen atoms in total. The summed E-state index contributed by atoms with van der Waals surface area (Å²) in [7, 11) is 0. The number of benzene rings is 2. The molecule has 2 amide bonds. The second-order valence-electron chi connectivity index (χ2n) is 8.34. The number of carbonyl (C=O) groups excluding carboxylic acids is 2. The SMILES string of the molecule is Cc1ccc(NC(=O)C(C)c2ccc(CC(C)C)cc2)cc1NC(=O)C1CC1. The van der Waals surface area contributed by atoms with Crippen LogP contribution in [-0.4, -0.2) is 11.8 Å². The minimum atomic E-state index is -0.251. The largest absolute Gasteiger partial charge is 0.326 e. The first-order valence-corrected chi connectivity index (χ1v) is 10.1. The second kappa shape index (κ2) is 8.59. The van der Waals surface area contributed by atoms with Crippen LogP contribution >= 0.6 is 0 Å². The molecule has 1 unspecified atom stereocenters. The Morgan fingerprint density at radius 3 is 2.29 bits per heavy atom. The quantitative estimate of drug-likeness (QED) is 0.688. The van der Waals surface area contributed by atoms with Crippen molar-refractivity contribution in [1.82, 2.24) is 0 Å². The van der Waals surface area contributed by atoms with Crippen molar-refractivity contribution in [2.75, 3.05) is 10.6 Å². The molecular weight excluding hydrogens is 348 g/mol. The lowest BCUT2D eigenvalue weighted by Gasteiger charge is -2.15. The van der Waals surface area contributed by atoms with Crippen LogP contribution in [0.3, 0.4) is 0 Å². The van der Waals surface area contributed by atoms with E-state index >= 15 is 0 Å². The molecule has 0 bridgehead atoms. The van der Waals surface area contributed by atoms with E-state index in [0.29, 0.717) is 11.6 Å². The zero-order valence-corrected chi connectivity index (χ0v) is 17.2. The molecular formula is C24H30N2O2. The van der Waals surface area contributed by atoms with E-state index in [1.54, 1.807) is 0 Å². The predicted octanol–water partition coefficient (Wildman–Crippen LogP) is 5.28. The van der Waals surface area contributed by atoms with E-state index < -0.39 is 0 Å². The first-order chi connectivity index (χ1) is 13.3. The number of hydrogen-bond acceptors (Lipinski definition) is 2. The van der Waals surface area contributed by atoms with Crippen molar-refractivity contribution in [3.63, 3.8) is 0 Å². The van der Waals surface area contributed by atoms with E-state index in [-0.39, 0.29) is 23.7 Å². The molecule has 0 aliphatic heterocycles. The average molecular weight is 379 g/mol. The molecule has 2 N–H and O–H groups in total. The number of anilines is 2. The van der Waals surface area contributed by atoms with E-state index in [1.165, 1.54) is 5.56 Å². The smallest absolute Gasteiger partial charge is 0.231 e. The molecule has 1 saturated carbocycles. The van der Waals surface area contributed by atoms with Crippen molar-refractivity contribution < 1.29 is 9.59 Å². The molecule has 0 heterocycles. The third-order valence-corrected chi connectivity index (χ3v) is 5.23. The van der Waals surface area contributed by atoms with Gasteiger partial charge in [0.2, 0.25) is 11.8 Å². The number of amides is 2. The normalized spacial score (nSPS) is 14.6.